The fraction of sp³-hybridized carbons (Fsp3) is 0.312. The summed E-state index contributed by atoms with van der Waals surface area (Å²) in [6, 6.07) is 8.34. The number of nitrogens with two attached hydrogens (primary N) is 1. The molecule has 1 heterocycles. The molecule has 0 saturated heterocycles. The Morgan fingerprint density at radius 1 is 1.19 bits per heavy atom. The summed E-state index contributed by atoms with van der Waals surface area (Å²) in [5, 5.41) is 11.8. The molecule has 0 aliphatic carbocycles. The lowest BCUT2D eigenvalue weighted by Crippen LogP contribution is -2.19. The van der Waals surface area contributed by atoms with E-state index < -0.39 is 0 Å². The van der Waals surface area contributed by atoms with Crippen LogP contribution in [-0.2, 0) is 0 Å². The van der Waals surface area contributed by atoms with Crippen molar-refractivity contribution >= 4 is 23.0 Å². The Morgan fingerprint density at radius 2 is 1.86 bits per heavy atom. The molecule has 5 heteroatoms. The van der Waals surface area contributed by atoms with E-state index in [1.165, 1.54) is 11.1 Å². The van der Waals surface area contributed by atoms with Gasteiger partial charge >= 0.3 is 0 Å². The Morgan fingerprint density at radius 3 is 2.48 bits per heavy atom. The van der Waals surface area contributed by atoms with E-state index >= 15 is 0 Å². The third-order valence-corrected chi connectivity index (χ3v) is 3.91. The summed E-state index contributed by atoms with van der Waals surface area (Å²) in [6.07, 6.45) is 0. The van der Waals surface area contributed by atoms with Gasteiger partial charge in [0.1, 0.15) is 4.99 Å². The lowest BCUT2D eigenvalue weighted by Gasteiger charge is -2.19. The van der Waals surface area contributed by atoms with E-state index in [4.69, 9.17) is 18.0 Å². The largest absolute Gasteiger partial charge is 0.389 e. The van der Waals surface area contributed by atoms with Crippen molar-refractivity contribution in [2.45, 2.75) is 33.7 Å². The maximum atomic E-state index is 5.85. The van der Waals surface area contributed by atoms with Crippen LogP contribution in [0.4, 0.5) is 5.82 Å². The van der Waals surface area contributed by atoms with E-state index in [-0.39, 0.29) is 6.04 Å². The van der Waals surface area contributed by atoms with Gasteiger partial charge in [0, 0.05) is 0 Å². The van der Waals surface area contributed by atoms with E-state index in [1.807, 2.05) is 26.0 Å². The summed E-state index contributed by atoms with van der Waals surface area (Å²) < 4.78 is 0. The minimum atomic E-state index is 0.0932. The summed E-state index contributed by atoms with van der Waals surface area (Å²) in [5.74, 6) is 0.640. The third-order valence-electron chi connectivity index (χ3n) is 3.71. The minimum absolute atomic E-state index is 0.0932. The van der Waals surface area contributed by atoms with E-state index in [0.29, 0.717) is 10.8 Å². The molecule has 4 nitrogen and oxygen atoms in total. The number of aromatic nitrogens is 2. The first-order valence-corrected chi connectivity index (χ1v) is 7.28. The lowest BCUT2D eigenvalue weighted by molar-refractivity contribution is 0.843. The summed E-state index contributed by atoms with van der Waals surface area (Å²) in [7, 11) is 0. The third kappa shape index (κ3) is 3.19. The van der Waals surface area contributed by atoms with Crippen LogP contribution in [-0.4, -0.2) is 15.2 Å². The van der Waals surface area contributed by atoms with Gasteiger partial charge in [-0.25, -0.2) is 0 Å². The maximum Gasteiger partial charge on any atom is 0.159 e. The molecule has 1 aromatic heterocycles. The maximum absolute atomic E-state index is 5.85. The van der Waals surface area contributed by atoms with Gasteiger partial charge in [-0.1, -0.05) is 36.5 Å². The van der Waals surface area contributed by atoms with Gasteiger partial charge < -0.3 is 11.1 Å². The van der Waals surface area contributed by atoms with E-state index in [1.54, 1.807) is 0 Å². The molecule has 1 atom stereocenters. The molecule has 0 bridgehead atoms. The molecular formula is C16H20N4S. The molecule has 0 amide bonds. The molecule has 2 rings (SSSR count). The Bertz CT molecular complexity index is 682. The van der Waals surface area contributed by atoms with Crippen LogP contribution in [0.5, 0.6) is 0 Å². The van der Waals surface area contributed by atoms with Crippen LogP contribution < -0.4 is 11.1 Å². The highest BCUT2D eigenvalue weighted by Crippen LogP contribution is 2.25. The molecule has 0 fully saturated rings. The van der Waals surface area contributed by atoms with E-state index in [2.05, 4.69) is 41.5 Å². The fourth-order valence-corrected chi connectivity index (χ4v) is 2.62. The van der Waals surface area contributed by atoms with Crippen LogP contribution in [0.15, 0.2) is 24.3 Å². The SMILES string of the molecule is Cc1ccccc1C(C)Nc1nnc(C)c(C)c1C(N)=S. The molecule has 0 radical (unpaired) electrons. The van der Waals surface area contributed by atoms with Crippen LogP contribution in [0.25, 0.3) is 0 Å². The Labute approximate surface area is 130 Å². The van der Waals surface area contributed by atoms with Crippen molar-refractivity contribution in [1.82, 2.24) is 10.2 Å². The standard InChI is InChI=1S/C16H20N4S/c1-9-7-5-6-8-13(9)12(4)18-16-14(15(17)21)10(2)11(3)19-20-16/h5-8,12H,1-4H3,(H2,17,21)(H,18,20). The number of nitrogens with one attached hydrogen (secondary N) is 1. The van der Waals surface area contributed by atoms with Gasteiger partial charge in [-0.3, -0.25) is 0 Å². The molecule has 1 unspecified atom stereocenters. The average Bonchev–Trinajstić information content (AvgIpc) is 2.43. The zero-order chi connectivity index (χ0) is 15.6. The normalized spacial score (nSPS) is 12.0. The number of aryl methyl sites for hydroxylation is 2. The molecule has 3 N–H and O–H groups in total. The number of anilines is 1. The van der Waals surface area contributed by atoms with Crippen molar-refractivity contribution in [1.29, 1.82) is 0 Å². The first kappa shape index (κ1) is 15.4. The molecular weight excluding hydrogens is 280 g/mol. The van der Waals surface area contributed by atoms with Crippen molar-refractivity contribution < 1.29 is 0 Å². The average molecular weight is 300 g/mol. The highest BCUT2D eigenvalue weighted by Gasteiger charge is 2.16. The van der Waals surface area contributed by atoms with Gasteiger partial charge in [-0.2, -0.15) is 5.10 Å². The van der Waals surface area contributed by atoms with Crippen LogP contribution in [0, 0.1) is 20.8 Å². The second-order valence-electron chi connectivity index (χ2n) is 5.22. The highest BCUT2D eigenvalue weighted by atomic mass is 32.1. The van der Waals surface area contributed by atoms with Crippen LogP contribution in [0.3, 0.4) is 0 Å². The lowest BCUT2D eigenvalue weighted by atomic mass is 10.0. The first-order chi connectivity index (χ1) is 9.91. The summed E-state index contributed by atoms with van der Waals surface area (Å²) >= 11 is 5.16. The predicted octanol–water partition coefficient (Wildman–Crippen LogP) is 3.21. The molecule has 110 valence electrons. The van der Waals surface area contributed by atoms with E-state index in [0.717, 1.165) is 16.8 Å². The highest BCUT2D eigenvalue weighted by molar-refractivity contribution is 7.80. The number of benzene rings is 1. The molecule has 21 heavy (non-hydrogen) atoms. The predicted molar refractivity (Wildman–Crippen MR) is 90.6 cm³/mol. The van der Waals surface area contributed by atoms with Crippen molar-refractivity contribution in [3.63, 3.8) is 0 Å². The number of hydrogen-bond acceptors (Lipinski definition) is 4. The Hall–Kier alpha value is -2.01. The summed E-state index contributed by atoms with van der Waals surface area (Å²) in [5.41, 5.74) is 10.9. The topological polar surface area (TPSA) is 63.8 Å². The quantitative estimate of drug-likeness (QED) is 0.849. The second kappa shape index (κ2) is 6.18. The van der Waals surface area contributed by atoms with Gasteiger partial charge in [0.05, 0.1) is 17.3 Å². The van der Waals surface area contributed by atoms with Gasteiger partial charge in [-0.15, -0.1) is 5.10 Å². The fourth-order valence-electron chi connectivity index (χ4n) is 2.37. The molecule has 0 aliphatic rings. The molecule has 0 aliphatic heterocycles. The van der Waals surface area contributed by atoms with Gasteiger partial charge in [0.2, 0.25) is 0 Å². The molecule has 0 spiro atoms. The minimum Gasteiger partial charge on any atom is -0.389 e. The van der Waals surface area contributed by atoms with Gasteiger partial charge in [0.15, 0.2) is 5.82 Å². The molecule has 2 aromatic rings. The van der Waals surface area contributed by atoms with Crippen molar-refractivity contribution in [2.24, 2.45) is 5.73 Å². The molecule has 0 saturated carbocycles. The van der Waals surface area contributed by atoms with Crippen LogP contribution in [0.1, 0.15) is 40.9 Å². The Kier molecular flexibility index (Phi) is 4.53. The van der Waals surface area contributed by atoms with E-state index in [9.17, 15) is 0 Å². The zero-order valence-corrected chi connectivity index (χ0v) is 13.6. The number of hydrogen-bond donors (Lipinski definition) is 2. The Balaban J connectivity index is 2.38. The van der Waals surface area contributed by atoms with Crippen LogP contribution >= 0.6 is 12.2 Å². The number of nitrogens with zero attached hydrogens (tertiary/aromatic N) is 2. The second-order valence-corrected chi connectivity index (χ2v) is 5.66. The number of rotatable bonds is 4. The van der Waals surface area contributed by atoms with Crippen molar-refractivity contribution in [3.8, 4) is 0 Å². The summed E-state index contributed by atoms with van der Waals surface area (Å²) in [4.78, 5) is 0.338. The number of thiocarbonyl (C=S) groups is 1. The zero-order valence-electron chi connectivity index (χ0n) is 12.8. The smallest absolute Gasteiger partial charge is 0.159 e. The van der Waals surface area contributed by atoms with Crippen molar-refractivity contribution in [3.05, 3.63) is 52.2 Å². The first-order valence-electron chi connectivity index (χ1n) is 6.87. The molecule has 1 aromatic carbocycles. The van der Waals surface area contributed by atoms with Crippen molar-refractivity contribution in [2.75, 3.05) is 5.32 Å². The van der Waals surface area contributed by atoms with Crippen LogP contribution in [0.2, 0.25) is 0 Å². The van der Waals surface area contributed by atoms with Gasteiger partial charge in [0.25, 0.3) is 0 Å². The summed E-state index contributed by atoms with van der Waals surface area (Å²) in [6.45, 7) is 8.04. The monoisotopic (exact) mass is 300 g/mol. The van der Waals surface area contributed by atoms with Gasteiger partial charge in [-0.05, 0) is 44.4 Å².